The molecular formula is C24H23F9N4O7S. The summed E-state index contributed by atoms with van der Waals surface area (Å²) in [5.74, 6) is -7.19. The van der Waals surface area contributed by atoms with E-state index >= 15 is 0 Å². The van der Waals surface area contributed by atoms with Crippen LogP contribution in [0.4, 0.5) is 45.3 Å². The molecule has 45 heavy (non-hydrogen) atoms. The molecule has 11 nitrogen and oxygen atoms in total. The smallest absolute Gasteiger partial charge is 0.475 e. The molecule has 0 aromatic carbocycles. The van der Waals surface area contributed by atoms with Crippen molar-refractivity contribution in [3.63, 3.8) is 0 Å². The number of alkyl halides is 9. The number of thiazole rings is 1. The van der Waals surface area contributed by atoms with Crippen LogP contribution in [0.25, 0.3) is 0 Å². The number of rotatable bonds is 4. The summed E-state index contributed by atoms with van der Waals surface area (Å²) in [5, 5.41) is 24.6. The Kier molecular flexibility index (Phi) is 14.3. The molecule has 3 aromatic heterocycles. The number of carbonyl (C=O) groups is 3. The van der Waals surface area contributed by atoms with Gasteiger partial charge in [-0.05, 0) is 19.1 Å². The van der Waals surface area contributed by atoms with Crippen molar-refractivity contribution in [2.75, 3.05) is 18.0 Å². The highest BCUT2D eigenvalue weighted by Crippen LogP contribution is 2.25. The third-order valence-electron chi connectivity index (χ3n) is 4.98. The number of carboxylic acid groups (broad SMARTS) is 3. The maximum Gasteiger partial charge on any atom is 0.490 e. The van der Waals surface area contributed by atoms with Gasteiger partial charge in [0.15, 0.2) is 0 Å². The number of furan rings is 1. The fourth-order valence-electron chi connectivity index (χ4n) is 3.13. The molecule has 0 saturated carbocycles. The molecule has 4 rings (SSSR count). The van der Waals surface area contributed by atoms with E-state index in [1.165, 1.54) is 11.1 Å². The summed E-state index contributed by atoms with van der Waals surface area (Å²) in [7, 11) is 0. The first kappa shape index (κ1) is 38.6. The summed E-state index contributed by atoms with van der Waals surface area (Å²) in [5.41, 5.74) is 3.60. The van der Waals surface area contributed by atoms with Gasteiger partial charge >= 0.3 is 36.4 Å². The van der Waals surface area contributed by atoms with E-state index in [2.05, 4.69) is 38.1 Å². The Hall–Kier alpha value is -4.40. The minimum absolute atomic E-state index is 0.813. The Morgan fingerprint density at radius 2 is 1.42 bits per heavy atom. The summed E-state index contributed by atoms with van der Waals surface area (Å²) >= 11 is 1.70. The first-order valence-corrected chi connectivity index (χ1v) is 12.7. The molecule has 4 heterocycles. The molecule has 0 unspecified atom stereocenters. The average Bonchev–Trinajstić information content (AvgIpc) is 3.53. The van der Waals surface area contributed by atoms with E-state index in [9.17, 15) is 39.5 Å². The van der Waals surface area contributed by atoms with Gasteiger partial charge in [-0.2, -0.15) is 39.5 Å². The van der Waals surface area contributed by atoms with Crippen LogP contribution in [-0.4, -0.2) is 79.7 Å². The molecule has 1 aliphatic rings. The minimum atomic E-state index is -5.08. The number of fused-ring (bicyclic) bond motifs is 1. The van der Waals surface area contributed by atoms with E-state index in [4.69, 9.17) is 34.1 Å². The van der Waals surface area contributed by atoms with Crippen molar-refractivity contribution in [2.24, 2.45) is 0 Å². The van der Waals surface area contributed by atoms with E-state index in [-0.39, 0.29) is 0 Å². The molecule has 3 N–H and O–H groups in total. The summed E-state index contributed by atoms with van der Waals surface area (Å²) < 4.78 is 100. The predicted octanol–water partition coefficient (Wildman–Crippen LogP) is 5.36. The van der Waals surface area contributed by atoms with Crippen LogP contribution < -0.4 is 4.90 Å². The number of aliphatic carboxylic acids is 3. The fraction of sp³-hybridized carbons (Fsp3) is 0.375. The van der Waals surface area contributed by atoms with Gasteiger partial charge in [0, 0.05) is 48.9 Å². The summed E-state index contributed by atoms with van der Waals surface area (Å²) in [4.78, 5) is 40.7. The summed E-state index contributed by atoms with van der Waals surface area (Å²) in [6.07, 6.45) is -9.81. The number of halogens is 9. The number of aromatic nitrogens is 2. The standard InChI is InChI=1S/C18H20N4OS.3C2HF3O2/c1-14-20-17(13-24-14)11-22-7-6-21(9-15-4-8-23-12-15)10-16-3-2-5-19-18(16)22;3*3-2(4,5)1(6)7/h2-5,8,12-13H,6-7,9-11H2,1H3;3*(H,6,7). The molecule has 0 amide bonds. The molecule has 3 aromatic rings. The summed E-state index contributed by atoms with van der Waals surface area (Å²) in [6, 6.07) is 6.23. The van der Waals surface area contributed by atoms with Gasteiger partial charge in [-0.1, -0.05) is 6.07 Å². The van der Waals surface area contributed by atoms with Crippen molar-refractivity contribution >= 4 is 35.1 Å². The fourth-order valence-corrected chi connectivity index (χ4v) is 3.74. The zero-order valence-electron chi connectivity index (χ0n) is 22.7. The molecule has 0 aliphatic carbocycles. The van der Waals surface area contributed by atoms with Crippen molar-refractivity contribution < 1.29 is 73.6 Å². The third kappa shape index (κ3) is 14.8. The van der Waals surface area contributed by atoms with Gasteiger partial charge in [-0.15, -0.1) is 11.3 Å². The van der Waals surface area contributed by atoms with Crippen molar-refractivity contribution in [1.29, 1.82) is 0 Å². The maximum absolute atomic E-state index is 10.6. The van der Waals surface area contributed by atoms with Crippen molar-refractivity contribution in [3.8, 4) is 0 Å². The SMILES string of the molecule is Cc1nc(CN2CCN(Cc3ccoc3)Cc3cccnc32)cs1.O=C(O)C(F)(F)F.O=C(O)C(F)(F)F.O=C(O)C(F)(F)F. The number of aryl methyl sites for hydroxylation is 1. The lowest BCUT2D eigenvalue weighted by Gasteiger charge is -2.23. The first-order chi connectivity index (χ1) is 20.6. The number of nitrogens with zero attached hydrogens (tertiary/aromatic N) is 4. The number of hydrogen-bond acceptors (Lipinski definition) is 9. The minimum Gasteiger partial charge on any atom is -0.475 e. The van der Waals surface area contributed by atoms with Crippen LogP contribution in [0.3, 0.4) is 0 Å². The lowest BCUT2D eigenvalue weighted by molar-refractivity contribution is -0.193. The summed E-state index contributed by atoms with van der Waals surface area (Å²) in [6.45, 7) is 6.60. The van der Waals surface area contributed by atoms with Crippen LogP contribution in [-0.2, 0) is 34.0 Å². The molecule has 0 fully saturated rings. The predicted molar refractivity (Wildman–Crippen MR) is 136 cm³/mol. The molecule has 250 valence electrons. The quantitative estimate of drug-likeness (QED) is 0.304. The number of hydrogen-bond donors (Lipinski definition) is 3. The van der Waals surface area contributed by atoms with Gasteiger partial charge < -0.3 is 24.6 Å². The van der Waals surface area contributed by atoms with Gasteiger partial charge in [0.05, 0.1) is 29.8 Å². The van der Waals surface area contributed by atoms with E-state index in [1.807, 2.05) is 24.6 Å². The number of pyridine rings is 1. The van der Waals surface area contributed by atoms with Crippen LogP contribution in [0.15, 0.2) is 46.7 Å². The molecule has 0 atom stereocenters. The normalized spacial score (nSPS) is 13.4. The topological polar surface area (TPSA) is 157 Å². The number of anilines is 1. The van der Waals surface area contributed by atoms with Gasteiger partial charge in [-0.3, -0.25) is 4.90 Å². The van der Waals surface area contributed by atoms with E-state index in [1.54, 1.807) is 17.6 Å². The van der Waals surface area contributed by atoms with Gasteiger partial charge in [0.2, 0.25) is 0 Å². The van der Waals surface area contributed by atoms with Crippen LogP contribution >= 0.6 is 11.3 Å². The highest BCUT2D eigenvalue weighted by Gasteiger charge is 2.39. The Bertz CT molecular complexity index is 1320. The largest absolute Gasteiger partial charge is 0.490 e. The van der Waals surface area contributed by atoms with Crippen LogP contribution in [0.2, 0.25) is 0 Å². The lowest BCUT2D eigenvalue weighted by Crippen LogP contribution is -2.31. The second kappa shape index (κ2) is 16.6. The van der Waals surface area contributed by atoms with Crippen molar-refractivity contribution in [2.45, 2.75) is 45.1 Å². The Labute approximate surface area is 251 Å². The van der Waals surface area contributed by atoms with Gasteiger partial charge in [0.1, 0.15) is 5.82 Å². The second-order valence-corrected chi connectivity index (χ2v) is 9.58. The molecule has 0 saturated heterocycles. The molecule has 0 radical (unpaired) electrons. The molecule has 0 bridgehead atoms. The molecular weight excluding hydrogens is 659 g/mol. The Morgan fingerprint density at radius 3 is 1.84 bits per heavy atom. The second-order valence-electron chi connectivity index (χ2n) is 8.52. The van der Waals surface area contributed by atoms with Gasteiger partial charge in [0.25, 0.3) is 0 Å². The van der Waals surface area contributed by atoms with Crippen molar-refractivity contribution in [1.82, 2.24) is 14.9 Å². The number of carboxylic acids is 3. The Balaban J connectivity index is 0.000000396. The lowest BCUT2D eigenvalue weighted by atomic mass is 10.2. The zero-order chi connectivity index (χ0) is 34.6. The first-order valence-electron chi connectivity index (χ1n) is 11.8. The third-order valence-corrected chi connectivity index (χ3v) is 5.80. The van der Waals surface area contributed by atoms with Crippen LogP contribution in [0.1, 0.15) is 21.8 Å². The molecule has 0 spiro atoms. The highest BCUT2D eigenvalue weighted by molar-refractivity contribution is 7.09. The van der Waals surface area contributed by atoms with Gasteiger partial charge in [-0.25, -0.2) is 24.4 Å². The average molecular weight is 683 g/mol. The Morgan fingerprint density at radius 1 is 0.889 bits per heavy atom. The maximum atomic E-state index is 10.6. The van der Waals surface area contributed by atoms with Crippen LogP contribution in [0.5, 0.6) is 0 Å². The highest BCUT2D eigenvalue weighted by atomic mass is 32.1. The van der Waals surface area contributed by atoms with E-state index in [0.717, 1.165) is 49.2 Å². The van der Waals surface area contributed by atoms with E-state index in [0.29, 0.717) is 0 Å². The zero-order valence-corrected chi connectivity index (χ0v) is 23.5. The van der Waals surface area contributed by atoms with Crippen LogP contribution in [0, 0.1) is 6.92 Å². The molecule has 21 heteroatoms. The molecule has 1 aliphatic heterocycles. The van der Waals surface area contributed by atoms with Crippen molar-refractivity contribution in [3.05, 3.63) is 64.1 Å². The monoisotopic (exact) mass is 682 g/mol. The van der Waals surface area contributed by atoms with E-state index < -0.39 is 36.4 Å².